The summed E-state index contributed by atoms with van der Waals surface area (Å²) in [7, 11) is 2.06. The van der Waals surface area contributed by atoms with E-state index < -0.39 is 0 Å². The molecule has 0 fully saturated rings. The van der Waals surface area contributed by atoms with E-state index in [0.717, 1.165) is 40.8 Å². The lowest BCUT2D eigenvalue weighted by Crippen LogP contribution is -2.21. The van der Waals surface area contributed by atoms with Crippen LogP contribution in [0.2, 0.25) is 10.0 Å². The maximum absolute atomic E-state index is 6.17. The van der Waals surface area contributed by atoms with Gasteiger partial charge < -0.3 is 4.90 Å². The molecule has 0 spiro atoms. The van der Waals surface area contributed by atoms with Crippen LogP contribution in [0.25, 0.3) is 0 Å². The fourth-order valence-corrected chi connectivity index (χ4v) is 2.40. The summed E-state index contributed by atoms with van der Waals surface area (Å²) >= 11 is 12.3. The maximum atomic E-state index is 6.17. The van der Waals surface area contributed by atoms with Gasteiger partial charge in [0.25, 0.3) is 0 Å². The number of hydrogen-bond acceptors (Lipinski definition) is 2. The Morgan fingerprint density at radius 3 is 2.42 bits per heavy atom. The molecule has 0 N–H and O–H groups in total. The second-order valence-corrected chi connectivity index (χ2v) is 5.32. The fourth-order valence-electron chi connectivity index (χ4n) is 1.88. The van der Waals surface area contributed by atoms with E-state index in [1.165, 1.54) is 0 Å². The standard InChI is InChI=1S/C15H16Cl2N2/c1-19(10-8-12-5-2-3-9-18-12)11-13-14(16)6-4-7-15(13)17/h2-7,9H,8,10-11H2,1H3. The highest BCUT2D eigenvalue weighted by atomic mass is 35.5. The number of benzene rings is 1. The van der Waals surface area contributed by atoms with Crippen LogP contribution in [-0.4, -0.2) is 23.5 Å². The van der Waals surface area contributed by atoms with Crippen LogP contribution in [0.5, 0.6) is 0 Å². The van der Waals surface area contributed by atoms with Crippen molar-refractivity contribution >= 4 is 23.2 Å². The SMILES string of the molecule is CN(CCc1ccccn1)Cc1c(Cl)cccc1Cl. The van der Waals surface area contributed by atoms with Crippen molar-refractivity contribution in [1.82, 2.24) is 9.88 Å². The molecule has 0 aliphatic carbocycles. The Hall–Kier alpha value is -1.09. The molecule has 2 rings (SSSR count). The fraction of sp³-hybridized carbons (Fsp3) is 0.267. The van der Waals surface area contributed by atoms with Crippen LogP contribution in [0.3, 0.4) is 0 Å². The lowest BCUT2D eigenvalue weighted by atomic mass is 10.2. The van der Waals surface area contributed by atoms with E-state index in [0.29, 0.717) is 0 Å². The molecule has 0 radical (unpaired) electrons. The molecule has 0 saturated heterocycles. The van der Waals surface area contributed by atoms with Gasteiger partial charge in [-0.05, 0) is 31.3 Å². The van der Waals surface area contributed by atoms with Gasteiger partial charge in [0.05, 0.1) is 0 Å². The Morgan fingerprint density at radius 1 is 1.05 bits per heavy atom. The van der Waals surface area contributed by atoms with E-state index in [1.807, 2.05) is 42.6 Å². The number of nitrogens with zero attached hydrogens (tertiary/aromatic N) is 2. The van der Waals surface area contributed by atoms with Gasteiger partial charge in [0.15, 0.2) is 0 Å². The molecular formula is C15H16Cl2N2. The van der Waals surface area contributed by atoms with Crippen LogP contribution in [0, 0.1) is 0 Å². The lowest BCUT2D eigenvalue weighted by Gasteiger charge is -2.18. The van der Waals surface area contributed by atoms with E-state index in [9.17, 15) is 0 Å². The Labute approximate surface area is 124 Å². The van der Waals surface area contributed by atoms with E-state index in [1.54, 1.807) is 0 Å². The summed E-state index contributed by atoms with van der Waals surface area (Å²) in [5, 5.41) is 1.44. The molecule has 2 aromatic rings. The number of likely N-dealkylation sites (N-methyl/N-ethyl adjacent to an activating group) is 1. The number of rotatable bonds is 5. The van der Waals surface area contributed by atoms with Crippen molar-refractivity contribution in [2.24, 2.45) is 0 Å². The Morgan fingerprint density at radius 2 is 1.79 bits per heavy atom. The first kappa shape index (κ1) is 14.3. The third-order valence-corrected chi connectivity index (χ3v) is 3.67. The van der Waals surface area contributed by atoms with Crippen molar-refractivity contribution < 1.29 is 0 Å². The zero-order valence-corrected chi connectivity index (χ0v) is 12.3. The van der Waals surface area contributed by atoms with Crippen molar-refractivity contribution in [1.29, 1.82) is 0 Å². The predicted molar refractivity (Wildman–Crippen MR) is 80.7 cm³/mol. The summed E-state index contributed by atoms with van der Waals surface area (Å²) < 4.78 is 0. The van der Waals surface area contributed by atoms with Crippen molar-refractivity contribution in [3.05, 3.63) is 63.9 Å². The first-order chi connectivity index (χ1) is 9.16. The molecule has 4 heteroatoms. The van der Waals surface area contributed by atoms with Gasteiger partial charge in [-0.2, -0.15) is 0 Å². The average Bonchev–Trinajstić information content (AvgIpc) is 2.42. The van der Waals surface area contributed by atoms with Gasteiger partial charge >= 0.3 is 0 Å². The first-order valence-corrected chi connectivity index (χ1v) is 6.94. The number of aromatic nitrogens is 1. The Kier molecular flexibility index (Phi) is 5.20. The smallest absolute Gasteiger partial charge is 0.0465 e. The highest BCUT2D eigenvalue weighted by molar-refractivity contribution is 6.35. The molecule has 2 nitrogen and oxygen atoms in total. The van der Waals surface area contributed by atoms with Gasteiger partial charge in [-0.1, -0.05) is 35.3 Å². The Bertz CT molecular complexity index is 509. The molecule has 0 unspecified atom stereocenters. The van der Waals surface area contributed by atoms with Crippen molar-refractivity contribution in [2.75, 3.05) is 13.6 Å². The summed E-state index contributed by atoms with van der Waals surface area (Å²) in [5.41, 5.74) is 2.08. The Balaban J connectivity index is 1.93. The van der Waals surface area contributed by atoms with Gasteiger partial charge in [-0.3, -0.25) is 4.98 Å². The van der Waals surface area contributed by atoms with Crippen molar-refractivity contribution in [3.63, 3.8) is 0 Å². The monoisotopic (exact) mass is 294 g/mol. The highest BCUT2D eigenvalue weighted by Gasteiger charge is 2.08. The molecular weight excluding hydrogens is 279 g/mol. The van der Waals surface area contributed by atoms with Gasteiger partial charge in [-0.15, -0.1) is 0 Å². The van der Waals surface area contributed by atoms with E-state index >= 15 is 0 Å². The van der Waals surface area contributed by atoms with Crippen LogP contribution >= 0.6 is 23.2 Å². The summed E-state index contributed by atoms with van der Waals surface area (Å²) in [6, 6.07) is 11.6. The summed E-state index contributed by atoms with van der Waals surface area (Å²) in [6.45, 7) is 1.66. The highest BCUT2D eigenvalue weighted by Crippen LogP contribution is 2.25. The van der Waals surface area contributed by atoms with Crippen molar-refractivity contribution in [2.45, 2.75) is 13.0 Å². The molecule has 19 heavy (non-hydrogen) atoms. The second-order valence-electron chi connectivity index (χ2n) is 4.51. The van der Waals surface area contributed by atoms with Gasteiger partial charge in [0.2, 0.25) is 0 Å². The molecule has 0 saturated carbocycles. The summed E-state index contributed by atoms with van der Waals surface area (Å²) in [6.07, 6.45) is 2.74. The molecule has 0 aliphatic heterocycles. The lowest BCUT2D eigenvalue weighted by molar-refractivity contribution is 0.330. The molecule has 0 atom stereocenters. The quantitative estimate of drug-likeness (QED) is 0.827. The number of pyridine rings is 1. The average molecular weight is 295 g/mol. The van der Waals surface area contributed by atoms with Gasteiger partial charge in [0, 0.05) is 47.0 Å². The minimum absolute atomic E-state index is 0.720. The molecule has 0 aliphatic rings. The molecule has 0 amide bonds. The normalized spacial score (nSPS) is 10.9. The van der Waals surface area contributed by atoms with Crippen LogP contribution in [0.4, 0.5) is 0 Å². The molecule has 1 heterocycles. The van der Waals surface area contributed by atoms with E-state index in [4.69, 9.17) is 23.2 Å². The second kappa shape index (κ2) is 6.90. The summed E-state index contributed by atoms with van der Waals surface area (Å²) in [5.74, 6) is 0. The summed E-state index contributed by atoms with van der Waals surface area (Å²) in [4.78, 5) is 6.51. The van der Waals surface area contributed by atoms with Crippen LogP contribution in [-0.2, 0) is 13.0 Å². The van der Waals surface area contributed by atoms with Crippen LogP contribution < -0.4 is 0 Å². The largest absolute Gasteiger partial charge is 0.302 e. The van der Waals surface area contributed by atoms with Crippen LogP contribution in [0.1, 0.15) is 11.3 Å². The zero-order chi connectivity index (χ0) is 13.7. The van der Waals surface area contributed by atoms with E-state index in [2.05, 4.69) is 16.9 Å². The van der Waals surface area contributed by atoms with Crippen LogP contribution in [0.15, 0.2) is 42.6 Å². The third kappa shape index (κ3) is 4.20. The zero-order valence-electron chi connectivity index (χ0n) is 10.8. The van der Waals surface area contributed by atoms with Crippen molar-refractivity contribution in [3.8, 4) is 0 Å². The molecule has 1 aromatic heterocycles. The maximum Gasteiger partial charge on any atom is 0.0465 e. The molecule has 100 valence electrons. The first-order valence-electron chi connectivity index (χ1n) is 6.18. The minimum Gasteiger partial charge on any atom is -0.302 e. The third-order valence-electron chi connectivity index (χ3n) is 2.97. The number of hydrogen-bond donors (Lipinski definition) is 0. The topological polar surface area (TPSA) is 16.1 Å². The molecule has 1 aromatic carbocycles. The number of halogens is 2. The van der Waals surface area contributed by atoms with Gasteiger partial charge in [0.1, 0.15) is 0 Å². The molecule has 0 bridgehead atoms. The van der Waals surface area contributed by atoms with Gasteiger partial charge in [-0.25, -0.2) is 0 Å². The minimum atomic E-state index is 0.720. The van der Waals surface area contributed by atoms with E-state index in [-0.39, 0.29) is 0 Å². The predicted octanol–water partition coefficient (Wildman–Crippen LogP) is 4.06.